The normalized spacial score (nSPS) is 16.5. The molecule has 2 N–H and O–H groups in total. The molecule has 1 unspecified atom stereocenters. The molecule has 0 radical (unpaired) electrons. The van der Waals surface area contributed by atoms with Gasteiger partial charge < -0.3 is 15.1 Å². The van der Waals surface area contributed by atoms with Crippen molar-refractivity contribution in [1.29, 1.82) is 0 Å². The van der Waals surface area contributed by atoms with Gasteiger partial charge in [-0.2, -0.15) is 0 Å². The summed E-state index contributed by atoms with van der Waals surface area (Å²) in [5.74, 6) is 1.21. The average Bonchev–Trinajstić information content (AvgIpc) is 3.31. The van der Waals surface area contributed by atoms with Crippen molar-refractivity contribution in [3.8, 4) is 0 Å². The lowest BCUT2D eigenvalue weighted by molar-refractivity contribution is 0.0708. The van der Waals surface area contributed by atoms with Crippen LogP contribution in [0.3, 0.4) is 0 Å². The van der Waals surface area contributed by atoms with E-state index in [1.165, 1.54) is 0 Å². The molecule has 144 valence electrons. The predicted octanol–water partition coefficient (Wildman–Crippen LogP) is 3.58. The van der Waals surface area contributed by atoms with Crippen LogP contribution < -0.4 is 5.73 Å². The van der Waals surface area contributed by atoms with E-state index in [1.807, 2.05) is 24.3 Å². The van der Waals surface area contributed by atoms with Gasteiger partial charge in [0.15, 0.2) is 0 Å². The second-order valence-corrected chi connectivity index (χ2v) is 7.31. The van der Waals surface area contributed by atoms with Crippen LogP contribution in [0.5, 0.6) is 0 Å². The number of aromatic nitrogens is 3. The number of benzene rings is 1. The lowest BCUT2D eigenvalue weighted by Crippen LogP contribution is -2.31. The van der Waals surface area contributed by atoms with E-state index >= 15 is 0 Å². The number of hydrogen-bond donors (Lipinski definition) is 1. The first-order valence-corrected chi connectivity index (χ1v) is 9.48. The Morgan fingerprint density at radius 3 is 2.86 bits per heavy atom. The largest absolute Gasteiger partial charge is 0.443 e. The number of nitrogen functional groups attached to an aromatic ring is 1. The molecule has 7 nitrogen and oxygen atoms in total. The first-order valence-electron chi connectivity index (χ1n) is 9.11. The summed E-state index contributed by atoms with van der Waals surface area (Å²) < 4.78 is 5.97. The van der Waals surface area contributed by atoms with Gasteiger partial charge in [-0.25, -0.2) is 15.0 Å². The van der Waals surface area contributed by atoms with Crippen LogP contribution in [0.25, 0.3) is 0 Å². The van der Waals surface area contributed by atoms with Gasteiger partial charge in [0.2, 0.25) is 11.8 Å². The minimum absolute atomic E-state index is 0.0977. The molecule has 1 aliphatic heterocycles. The number of oxazole rings is 1. The minimum Gasteiger partial charge on any atom is -0.443 e. The molecule has 2 aromatic heterocycles. The summed E-state index contributed by atoms with van der Waals surface area (Å²) >= 11 is 5.93. The van der Waals surface area contributed by atoms with Crippen molar-refractivity contribution in [2.45, 2.75) is 32.2 Å². The maximum atomic E-state index is 13.0. The van der Waals surface area contributed by atoms with Crippen molar-refractivity contribution in [2.24, 2.45) is 0 Å². The standard InChI is InChI=1S/C20H20ClN5O2/c1-12-9-16(25-20(22)24-12)19(27)26-8-2-3-17(26)18-23-11-15(28-18)10-13-4-6-14(21)7-5-13/h4-7,9,11,17H,2-3,8,10H2,1H3,(H2,22,24,25). The van der Waals surface area contributed by atoms with Gasteiger partial charge in [-0.1, -0.05) is 23.7 Å². The van der Waals surface area contributed by atoms with Gasteiger partial charge in [0.05, 0.1) is 6.20 Å². The van der Waals surface area contributed by atoms with Crippen molar-refractivity contribution in [1.82, 2.24) is 19.9 Å². The molecule has 0 saturated carbocycles. The Morgan fingerprint density at radius 2 is 2.11 bits per heavy atom. The number of likely N-dealkylation sites (tertiary alicyclic amines) is 1. The molecule has 0 bridgehead atoms. The maximum Gasteiger partial charge on any atom is 0.273 e. The van der Waals surface area contributed by atoms with Crippen LogP contribution in [-0.4, -0.2) is 32.3 Å². The second-order valence-electron chi connectivity index (χ2n) is 6.88. The van der Waals surface area contributed by atoms with Crippen LogP contribution >= 0.6 is 11.6 Å². The number of anilines is 1. The van der Waals surface area contributed by atoms with Crippen LogP contribution in [0.15, 0.2) is 40.9 Å². The van der Waals surface area contributed by atoms with Crippen molar-refractivity contribution < 1.29 is 9.21 Å². The monoisotopic (exact) mass is 397 g/mol. The number of carbonyl (C=O) groups is 1. The quantitative estimate of drug-likeness (QED) is 0.722. The van der Waals surface area contributed by atoms with Crippen LogP contribution in [0, 0.1) is 6.92 Å². The molecular weight excluding hydrogens is 378 g/mol. The van der Waals surface area contributed by atoms with Gasteiger partial charge in [0.25, 0.3) is 5.91 Å². The highest BCUT2D eigenvalue weighted by atomic mass is 35.5. The van der Waals surface area contributed by atoms with E-state index in [-0.39, 0.29) is 17.9 Å². The Bertz CT molecular complexity index is 982. The van der Waals surface area contributed by atoms with Crippen LogP contribution in [0.2, 0.25) is 5.02 Å². The van der Waals surface area contributed by atoms with Gasteiger partial charge in [-0.05, 0) is 43.5 Å². The summed E-state index contributed by atoms with van der Waals surface area (Å²) in [6, 6.07) is 9.05. The van der Waals surface area contributed by atoms with Crippen molar-refractivity contribution in [3.63, 3.8) is 0 Å². The molecule has 1 aromatic carbocycles. The third-order valence-corrected chi connectivity index (χ3v) is 5.00. The highest BCUT2D eigenvalue weighted by molar-refractivity contribution is 6.30. The SMILES string of the molecule is Cc1cc(C(=O)N2CCCC2c2ncc(Cc3ccc(Cl)cc3)o2)nc(N)n1. The maximum absolute atomic E-state index is 13.0. The highest BCUT2D eigenvalue weighted by Crippen LogP contribution is 2.33. The third-order valence-electron chi connectivity index (χ3n) is 4.75. The third kappa shape index (κ3) is 3.84. The molecule has 3 heterocycles. The molecule has 3 aromatic rings. The predicted molar refractivity (Wildman–Crippen MR) is 105 cm³/mol. The summed E-state index contributed by atoms with van der Waals surface area (Å²) in [7, 11) is 0. The fourth-order valence-electron chi connectivity index (χ4n) is 3.48. The van der Waals surface area contributed by atoms with E-state index < -0.39 is 0 Å². The van der Waals surface area contributed by atoms with Crippen LogP contribution in [0.4, 0.5) is 5.95 Å². The molecule has 8 heteroatoms. The van der Waals surface area contributed by atoms with E-state index in [4.69, 9.17) is 21.8 Å². The Morgan fingerprint density at radius 1 is 1.32 bits per heavy atom. The smallest absolute Gasteiger partial charge is 0.273 e. The molecule has 0 aliphatic carbocycles. The topological polar surface area (TPSA) is 98.1 Å². The zero-order valence-corrected chi connectivity index (χ0v) is 16.2. The van der Waals surface area contributed by atoms with Gasteiger partial charge in [-0.3, -0.25) is 4.79 Å². The number of hydrogen-bond acceptors (Lipinski definition) is 6. The average molecular weight is 398 g/mol. The van der Waals surface area contributed by atoms with Crippen molar-refractivity contribution in [2.75, 3.05) is 12.3 Å². The summed E-state index contributed by atoms with van der Waals surface area (Å²) in [6.07, 6.45) is 4.02. The van der Waals surface area contributed by atoms with E-state index in [0.29, 0.717) is 35.3 Å². The molecule has 1 saturated heterocycles. The molecule has 1 aliphatic rings. The van der Waals surface area contributed by atoms with Gasteiger partial charge in [0.1, 0.15) is 17.5 Å². The number of rotatable bonds is 4. The van der Waals surface area contributed by atoms with Crippen LogP contribution in [0.1, 0.15) is 52.3 Å². The van der Waals surface area contributed by atoms with Crippen molar-refractivity contribution >= 4 is 23.5 Å². The molecule has 0 spiro atoms. The molecule has 1 amide bonds. The first kappa shape index (κ1) is 18.4. The Kier molecular flexibility index (Phi) is 5.00. The zero-order chi connectivity index (χ0) is 19.7. The lowest BCUT2D eigenvalue weighted by atomic mass is 10.1. The number of halogens is 1. The molecule has 1 atom stereocenters. The summed E-state index contributed by atoms with van der Waals surface area (Å²) in [5, 5.41) is 0.697. The van der Waals surface area contributed by atoms with Gasteiger partial charge in [-0.15, -0.1) is 0 Å². The molecule has 1 fully saturated rings. The fraction of sp³-hybridized carbons (Fsp3) is 0.300. The Balaban J connectivity index is 1.52. The Labute approximate surface area is 167 Å². The zero-order valence-electron chi connectivity index (χ0n) is 15.4. The molecule has 4 rings (SSSR count). The minimum atomic E-state index is -0.206. The Hall–Kier alpha value is -2.93. The number of aryl methyl sites for hydroxylation is 1. The fourth-order valence-corrected chi connectivity index (χ4v) is 3.60. The van der Waals surface area contributed by atoms with E-state index in [1.54, 1.807) is 24.1 Å². The van der Waals surface area contributed by atoms with Gasteiger partial charge >= 0.3 is 0 Å². The number of amides is 1. The second kappa shape index (κ2) is 7.59. The van der Waals surface area contributed by atoms with Crippen LogP contribution in [-0.2, 0) is 6.42 Å². The van der Waals surface area contributed by atoms with Gasteiger partial charge in [0, 0.05) is 23.7 Å². The van der Waals surface area contributed by atoms with E-state index in [9.17, 15) is 4.79 Å². The summed E-state index contributed by atoms with van der Waals surface area (Å²) in [6.45, 7) is 2.41. The summed E-state index contributed by atoms with van der Waals surface area (Å²) in [4.78, 5) is 27.3. The van der Waals surface area contributed by atoms with E-state index in [2.05, 4.69) is 15.0 Å². The first-order chi connectivity index (χ1) is 13.5. The summed E-state index contributed by atoms with van der Waals surface area (Å²) in [5.41, 5.74) is 7.73. The van der Waals surface area contributed by atoms with Crippen molar-refractivity contribution in [3.05, 3.63) is 70.2 Å². The lowest BCUT2D eigenvalue weighted by Gasteiger charge is -2.22. The molecule has 28 heavy (non-hydrogen) atoms. The molecular formula is C20H20ClN5O2. The van der Waals surface area contributed by atoms with E-state index in [0.717, 1.165) is 24.2 Å². The highest BCUT2D eigenvalue weighted by Gasteiger charge is 2.34. The number of carbonyl (C=O) groups excluding carboxylic acids is 1. The number of nitrogens with zero attached hydrogens (tertiary/aromatic N) is 4. The number of nitrogens with two attached hydrogens (primary N) is 1.